The molecule has 0 aliphatic rings. The van der Waals surface area contributed by atoms with Crippen LogP contribution >= 0.6 is 11.6 Å². The normalized spacial score (nSPS) is 10.4. The second kappa shape index (κ2) is 9.76. The minimum absolute atomic E-state index is 0.199. The summed E-state index contributed by atoms with van der Waals surface area (Å²) < 4.78 is 5.16. The van der Waals surface area contributed by atoms with E-state index in [0.29, 0.717) is 30.2 Å². The highest BCUT2D eigenvalue weighted by atomic mass is 35.5. The van der Waals surface area contributed by atoms with E-state index in [0.717, 1.165) is 22.6 Å². The Labute approximate surface area is 169 Å². The van der Waals surface area contributed by atoms with Gasteiger partial charge in [-0.15, -0.1) is 0 Å². The lowest BCUT2D eigenvalue weighted by molar-refractivity contribution is 0.0949. The topological polar surface area (TPSA) is 63.2 Å². The molecule has 28 heavy (non-hydrogen) atoms. The van der Waals surface area contributed by atoms with Gasteiger partial charge in [-0.3, -0.25) is 9.78 Å². The molecule has 2 N–H and O–H groups in total. The largest absolute Gasteiger partial charge is 0.497 e. The number of amides is 1. The van der Waals surface area contributed by atoms with E-state index in [9.17, 15) is 4.79 Å². The Balaban J connectivity index is 1.52. The van der Waals surface area contributed by atoms with Crippen molar-refractivity contribution in [3.8, 4) is 5.75 Å². The van der Waals surface area contributed by atoms with Crippen LogP contribution < -0.4 is 15.4 Å². The SMILES string of the molecule is COc1ccc(CNc2ccnc(C(=O)NCCc3cccc(Cl)c3)c2)cc1. The van der Waals surface area contributed by atoms with Crippen LogP contribution in [0.1, 0.15) is 21.6 Å². The van der Waals surface area contributed by atoms with E-state index in [1.54, 1.807) is 19.4 Å². The van der Waals surface area contributed by atoms with Crippen LogP contribution in [-0.4, -0.2) is 24.5 Å². The van der Waals surface area contributed by atoms with E-state index in [1.807, 2.05) is 54.6 Å². The smallest absolute Gasteiger partial charge is 0.269 e. The number of hydrogen-bond donors (Lipinski definition) is 2. The second-order valence-corrected chi connectivity index (χ2v) is 6.70. The van der Waals surface area contributed by atoms with E-state index >= 15 is 0 Å². The lowest BCUT2D eigenvalue weighted by atomic mass is 10.1. The van der Waals surface area contributed by atoms with Gasteiger partial charge in [-0.25, -0.2) is 0 Å². The molecule has 0 aliphatic heterocycles. The maximum atomic E-state index is 12.4. The van der Waals surface area contributed by atoms with Crippen LogP contribution in [0.4, 0.5) is 5.69 Å². The van der Waals surface area contributed by atoms with Gasteiger partial charge in [0.1, 0.15) is 11.4 Å². The molecule has 0 unspecified atom stereocenters. The summed E-state index contributed by atoms with van der Waals surface area (Å²) in [4.78, 5) is 16.5. The van der Waals surface area contributed by atoms with Crippen molar-refractivity contribution in [3.63, 3.8) is 0 Å². The lowest BCUT2D eigenvalue weighted by Gasteiger charge is -2.09. The summed E-state index contributed by atoms with van der Waals surface area (Å²) >= 11 is 5.98. The van der Waals surface area contributed by atoms with Crippen LogP contribution in [-0.2, 0) is 13.0 Å². The zero-order valence-corrected chi connectivity index (χ0v) is 16.4. The van der Waals surface area contributed by atoms with E-state index in [4.69, 9.17) is 16.3 Å². The van der Waals surface area contributed by atoms with Gasteiger partial charge in [-0.2, -0.15) is 0 Å². The van der Waals surface area contributed by atoms with Crippen molar-refractivity contribution in [2.75, 3.05) is 19.0 Å². The van der Waals surface area contributed by atoms with Gasteiger partial charge in [0.05, 0.1) is 7.11 Å². The van der Waals surface area contributed by atoms with Gasteiger partial charge >= 0.3 is 0 Å². The average molecular weight is 396 g/mol. The first-order chi connectivity index (χ1) is 13.6. The molecule has 1 amide bonds. The predicted molar refractivity (Wildman–Crippen MR) is 112 cm³/mol. The standard InChI is InChI=1S/C22H22ClN3O2/c1-28-20-7-5-17(6-8-20)15-26-19-10-12-24-21(14-19)22(27)25-11-9-16-3-2-4-18(23)13-16/h2-8,10,12-14H,9,11,15H2,1H3,(H,24,26)(H,25,27). The average Bonchev–Trinajstić information content (AvgIpc) is 2.73. The highest BCUT2D eigenvalue weighted by Gasteiger charge is 2.08. The van der Waals surface area contributed by atoms with Crippen molar-refractivity contribution in [2.24, 2.45) is 0 Å². The summed E-state index contributed by atoms with van der Waals surface area (Å²) in [5.41, 5.74) is 3.41. The van der Waals surface area contributed by atoms with Crippen LogP contribution in [0.25, 0.3) is 0 Å². The molecule has 1 heterocycles. The molecular weight excluding hydrogens is 374 g/mol. The third-order valence-corrected chi connectivity index (χ3v) is 4.47. The second-order valence-electron chi connectivity index (χ2n) is 6.27. The van der Waals surface area contributed by atoms with E-state index in [2.05, 4.69) is 15.6 Å². The summed E-state index contributed by atoms with van der Waals surface area (Å²) in [6.07, 6.45) is 2.34. The van der Waals surface area contributed by atoms with E-state index in [1.165, 1.54) is 0 Å². The summed E-state index contributed by atoms with van der Waals surface area (Å²) in [6.45, 7) is 1.16. The first-order valence-corrected chi connectivity index (χ1v) is 9.37. The van der Waals surface area contributed by atoms with Crippen LogP contribution in [0.15, 0.2) is 66.9 Å². The maximum absolute atomic E-state index is 12.4. The monoisotopic (exact) mass is 395 g/mol. The fourth-order valence-corrected chi connectivity index (χ4v) is 2.93. The van der Waals surface area contributed by atoms with Crippen LogP contribution in [0, 0.1) is 0 Å². The minimum Gasteiger partial charge on any atom is -0.497 e. The minimum atomic E-state index is -0.199. The molecule has 0 bridgehead atoms. The predicted octanol–water partition coefficient (Wildman–Crippen LogP) is 4.33. The zero-order valence-electron chi connectivity index (χ0n) is 15.6. The van der Waals surface area contributed by atoms with Crippen molar-refractivity contribution in [2.45, 2.75) is 13.0 Å². The number of nitrogens with zero attached hydrogens (tertiary/aromatic N) is 1. The van der Waals surface area contributed by atoms with Crippen LogP contribution in [0.3, 0.4) is 0 Å². The number of halogens is 1. The molecule has 0 spiro atoms. The summed E-state index contributed by atoms with van der Waals surface area (Å²) in [5.74, 6) is 0.625. The van der Waals surface area contributed by atoms with Gasteiger partial charge in [0, 0.05) is 30.0 Å². The van der Waals surface area contributed by atoms with Gasteiger partial charge in [0.25, 0.3) is 5.91 Å². The molecule has 3 aromatic rings. The van der Waals surface area contributed by atoms with Crippen LogP contribution in [0.5, 0.6) is 5.75 Å². The Kier molecular flexibility index (Phi) is 6.87. The summed E-state index contributed by atoms with van der Waals surface area (Å²) in [6, 6.07) is 19.0. The third-order valence-electron chi connectivity index (χ3n) is 4.24. The van der Waals surface area contributed by atoms with Gasteiger partial charge in [-0.05, 0) is 53.9 Å². The van der Waals surface area contributed by atoms with Gasteiger partial charge in [-0.1, -0.05) is 35.9 Å². The van der Waals surface area contributed by atoms with Crippen LogP contribution in [0.2, 0.25) is 5.02 Å². The Bertz CT molecular complexity index is 929. The van der Waals surface area contributed by atoms with Gasteiger partial charge < -0.3 is 15.4 Å². The number of pyridine rings is 1. The van der Waals surface area contributed by atoms with Crippen molar-refractivity contribution >= 4 is 23.2 Å². The number of rotatable bonds is 8. The molecule has 2 aromatic carbocycles. The van der Waals surface area contributed by atoms with Crippen molar-refractivity contribution < 1.29 is 9.53 Å². The highest BCUT2D eigenvalue weighted by Crippen LogP contribution is 2.14. The maximum Gasteiger partial charge on any atom is 0.269 e. The Morgan fingerprint density at radius 1 is 1.07 bits per heavy atom. The number of carbonyl (C=O) groups excluding carboxylic acids is 1. The zero-order chi connectivity index (χ0) is 19.8. The summed E-state index contributed by atoms with van der Waals surface area (Å²) in [7, 11) is 1.64. The van der Waals surface area contributed by atoms with Crippen molar-refractivity contribution in [1.29, 1.82) is 0 Å². The Morgan fingerprint density at radius 3 is 2.64 bits per heavy atom. The molecule has 0 atom stereocenters. The van der Waals surface area contributed by atoms with Crippen molar-refractivity contribution in [1.82, 2.24) is 10.3 Å². The van der Waals surface area contributed by atoms with E-state index in [-0.39, 0.29) is 5.91 Å². The quantitative estimate of drug-likeness (QED) is 0.596. The molecule has 0 fully saturated rings. The molecule has 0 saturated heterocycles. The molecule has 6 heteroatoms. The van der Waals surface area contributed by atoms with Gasteiger partial charge in [0.2, 0.25) is 0 Å². The molecule has 1 aromatic heterocycles. The molecule has 5 nitrogen and oxygen atoms in total. The van der Waals surface area contributed by atoms with E-state index < -0.39 is 0 Å². The first-order valence-electron chi connectivity index (χ1n) is 8.99. The number of hydrogen-bond acceptors (Lipinski definition) is 4. The number of aromatic nitrogens is 1. The number of benzene rings is 2. The van der Waals surface area contributed by atoms with Gasteiger partial charge in [0.15, 0.2) is 0 Å². The summed E-state index contributed by atoms with van der Waals surface area (Å²) in [5, 5.41) is 6.90. The van der Waals surface area contributed by atoms with Crippen molar-refractivity contribution in [3.05, 3.63) is 88.7 Å². The molecule has 144 valence electrons. The number of ether oxygens (including phenoxy) is 1. The number of carbonyl (C=O) groups is 1. The fourth-order valence-electron chi connectivity index (χ4n) is 2.72. The lowest BCUT2D eigenvalue weighted by Crippen LogP contribution is -2.26. The highest BCUT2D eigenvalue weighted by molar-refractivity contribution is 6.30. The number of nitrogens with one attached hydrogen (secondary N) is 2. The fraction of sp³-hybridized carbons (Fsp3) is 0.182. The molecule has 0 radical (unpaired) electrons. The molecule has 0 saturated carbocycles. The first kappa shape index (κ1) is 19.7. The number of methoxy groups -OCH3 is 1. The molecular formula is C22H22ClN3O2. The Hall–Kier alpha value is -3.05. The molecule has 3 rings (SSSR count). The molecule has 0 aliphatic carbocycles. The third kappa shape index (κ3) is 5.72. The Morgan fingerprint density at radius 2 is 1.89 bits per heavy atom. The number of anilines is 1.